The van der Waals surface area contributed by atoms with E-state index in [-0.39, 0.29) is 5.97 Å². The Bertz CT molecular complexity index is 500. The summed E-state index contributed by atoms with van der Waals surface area (Å²) in [5.41, 5.74) is 8.11. The van der Waals surface area contributed by atoms with Gasteiger partial charge in [-0.2, -0.15) is 0 Å². The molecule has 1 aromatic carbocycles. The van der Waals surface area contributed by atoms with Gasteiger partial charge in [-0.05, 0) is 42.9 Å². The first-order valence-electron chi connectivity index (χ1n) is 7.77. The van der Waals surface area contributed by atoms with Gasteiger partial charge in [0.25, 0.3) is 0 Å². The topological polar surface area (TPSA) is 64.3 Å². The lowest BCUT2D eigenvalue weighted by molar-refractivity contribution is 0.0601. The first kappa shape index (κ1) is 15.7. The predicted molar refractivity (Wildman–Crippen MR) is 86.4 cm³/mol. The van der Waals surface area contributed by atoms with E-state index >= 15 is 0 Å². The smallest absolute Gasteiger partial charge is 0.337 e. The molecule has 116 valence electrons. The van der Waals surface area contributed by atoms with Gasteiger partial charge < -0.3 is 15.8 Å². The number of benzene rings is 1. The lowest BCUT2D eigenvalue weighted by Crippen LogP contribution is -2.35. The molecule has 0 aromatic heterocycles. The highest BCUT2D eigenvalue weighted by Crippen LogP contribution is 2.33. The van der Waals surface area contributed by atoms with E-state index in [9.17, 15) is 4.79 Å². The standard InChI is InChI=1S/C17H26N2O2/c1-11(2)13-6-4-5-7-15(13)19-16-10-12(17(20)21-3)8-9-14(16)18/h8-11,13,15,19H,4-7,18H2,1-3H3. The average molecular weight is 290 g/mol. The molecule has 0 heterocycles. The van der Waals surface area contributed by atoms with Gasteiger partial charge >= 0.3 is 5.97 Å². The van der Waals surface area contributed by atoms with Crippen molar-refractivity contribution in [1.29, 1.82) is 0 Å². The Morgan fingerprint density at radius 3 is 2.71 bits per heavy atom. The summed E-state index contributed by atoms with van der Waals surface area (Å²) in [6.45, 7) is 4.55. The fourth-order valence-electron chi connectivity index (χ4n) is 3.26. The highest BCUT2D eigenvalue weighted by molar-refractivity contribution is 5.92. The van der Waals surface area contributed by atoms with Crippen LogP contribution in [-0.4, -0.2) is 19.1 Å². The molecule has 0 spiro atoms. The van der Waals surface area contributed by atoms with E-state index in [2.05, 4.69) is 19.2 Å². The minimum absolute atomic E-state index is 0.331. The van der Waals surface area contributed by atoms with Gasteiger partial charge in [0, 0.05) is 6.04 Å². The number of carbonyl (C=O) groups excluding carboxylic acids is 1. The molecule has 1 aliphatic carbocycles. The largest absolute Gasteiger partial charge is 0.465 e. The predicted octanol–water partition coefficient (Wildman–Crippen LogP) is 3.68. The van der Waals surface area contributed by atoms with Crippen molar-refractivity contribution in [2.45, 2.75) is 45.6 Å². The molecule has 0 saturated heterocycles. The molecule has 1 saturated carbocycles. The zero-order valence-corrected chi connectivity index (χ0v) is 13.2. The molecule has 1 aliphatic rings. The Morgan fingerprint density at radius 2 is 2.05 bits per heavy atom. The number of carbonyl (C=O) groups is 1. The summed E-state index contributed by atoms with van der Waals surface area (Å²) in [5.74, 6) is 0.967. The van der Waals surface area contributed by atoms with Crippen LogP contribution in [-0.2, 0) is 4.74 Å². The molecule has 1 fully saturated rings. The quantitative estimate of drug-likeness (QED) is 0.656. The summed E-state index contributed by atoms with van der Waals surface area (Å²) < 4.78 is 4.77. The van der Waals surface area contributed by atoms with Crippen LogP contribution in [0.25, 0.3) is 0 Å². The second-order valence-corrected chi connectivity index (χ2v) is 6.24. The minimum atomic E-state index is -0.331. The summed E-state index contributed by atoms with van der Waals surface area (Å²) >= 11 is 0. The van der Waals surface area contributed by atoms with E-state index in [4.69, 9.17) is 10.5 Å². The van der Waals surface area contributed by atoms with Crippen LogP contribution in [0.4, 0.5) is 11.4 Å². The molecule has 3 N–H and O–H groups in total. The SMILES string of the molecule is COC(=O)c1ccc(N)c(NC2CCCCC2C(C)C)c1. The molecule has 0 bridgehead atoms. The number of anilines is 2. The first-order chi connectivity index (χ1) is 10.0. The molecule has 2 rings (SSSR count). The number of nitrogens with two attached hydrogens (primary N) is 1. The normalized spacial score (nSPS) is 22.1. The van der Waals surface area contributed by atoms with E-state index in [0.717, 1.165) is 12.1 Å². The molecule has 4 heteroatoms. The summed E-state index contributed by atoms with van der Waals surface area (Å²) in [4.78, 5) is 11.7. The molecule has 2 unspecified atom stereocenters. The summed E-state index contributed by atoms with van der Waals surface area (Å²) in [7, 11) is 1.39. The second kappa shape index (κ2) is 6.83. The van der Waals surface area contributed by atoms with Crippen molar-refractivity contribution in [3.63, 3.8) is 0 Å². The average Bonchev–Trinajstić information content (AvgIpc) is 2.49. The molecular formula is C17H26N2O2. The number of nitrogen functional groups attached to an aromatic ring is 1. The first-order valence-corrected chi connectivity index (χ1v) is 7.77. The van der Waals surface area contributed by atoms with Crippen molar-refractivity contribution < 1.29 is 9.53 Å². The Balaban J connectivity index is 2.19. The summed E-state index contributed by atoms with van der Waals surface area (Å²) in [6.07, 6.45) is 4.97. The summed E-state index contributed by atoms with van der Waals surface area (Å²) in [6, 6.07) is 5.69. The maximum atomic E-state index is 11.7. The maximum Gasteiger partial charge on any atom is 0.337 e. The number of ether oxygens (including phenoxy) is 1. The highest BCUT2D eigenvalue weighted by atomic mass is 16.5. The molecular weight excluding hydrogens is 264 g/mol. The van der Waals surface area contributed by atoms with Crippen LogP contribution in [0.15, 0.2) is 18.2 Å². The fourth-order valence-corrected chi connectivity index (χ4v) is 3.26. The molecule has 21 heavy (non-hydrogen) atoms. The van der Waals surface area contributed by atoms with Crippen LogP contribution in [0.5, 0.6) is 0 Å². The van der Waals surface area contributed by atoms with Crippen molar-refractivity contribution in [2.24, 2.45) is 11.8 Å². The second-order valence-electron chi connectivity index (χ2n) is 6.24. The minimum Gasteiger partial charge on any atom is -0.465 e. The van der Waals surface area contributed by atoms with Crippen molar-refractivity contribution in [1.82, 2.24) is 0 Å². The number of hydrogen-bond acceptors (Lipinski definition) is 4. The van der Waals surface area contributed by atoms with E-state index in [0.29, 0.717) is 29.1 Å². The van der Waals surface area contributed by atoms with E-state index in [1.165, 1.54) is 26.4 Å². The Hall–Kier alpha value is -1.71. The Kier molecular flexibility index (Phi) is 5.10. The molecule has 0 aliphatic heterocycles. The van der Waals surface area contributed by atoms with Gasteiger partial charge in [0.05, 0.1) is 24.0 Å². The van der Waals surface area contributed by atoms with Crippen LogP contribution >= 0.6 is 0 Å². The molecule has 1 aromatic rings. The van der Waals surface area contributed by atoms with Gasteiger partial charge in [-0.15, -0.1) is 0 Å². The van der Waals surface area contributed by atoms with Crippen LogP contribution < -0.4 is 11.1 Å². The van der Waals surface area contributed by atoms with Crippen molar-refractivity contribution in [3.05, 3.63) is 23.8 Å². The number of esters is 1. The lowest BCUT2D eigenvalue weighted by Gasteiger charge is -2.35. The van der Waals surface area contributed by atoms with Gasteiger partial charge in [-0.1, -0.05) is 26.7 Å². The highest BCUT2D eigenvalue weighted by Gasteiger charge is 2.27. The summed E-state index contributed by atoms with van der Waals surface area (Å²) in [5, 5.41) is 3.57. The zero-order chi connectivity index (χ0) is 15.4. The number of rotatable bonds is 4. The van der Waals surface area contributed by atoms with E-state index < -0.39 is 0 Å². The van der Waals surface area contributed by atoms with Gasteiger partial charge in [-0.3, -0.25) is 0 Å². The zero-order valence-electron chi connectivity index (χ0n) is 13.2. The molecule has 2 atom stereocenters. The van der Waals surface area contributed by atoms with Gasteiger partial charge in [0.2, 0.25) is 0 Å². The fraction of sp³-hybridized carbons (Fsp3) is 0.588. The number of hydrogen-bond donors (Lipinski definition) is 2. The van der Waals surface area contributed by atoms with Crippen LogP contribution in [0.2, 0.25) is 0 Å². The third kappa shape index (κ3) is 3.69. The van der Waals surface area contributed by atoms with Crippen LogP contribution in [0.3, 0.4) is 0 Å². The van der Waals surface area contributed by atoms with Crippen LogP contribution in [0, 0.1) is 11.8 Å². The van der Waals surface area contributed by atoms with E-state index in [1.54, 1.807) is 18.2 Å². The molecule has 0 radical (unpaired) electrons. The van der Waals surface area contributed by atoms with Crippen molar-refractivity contribution >= 4 is 17.3 Å². The van der Waals surface area contributed by atoms with Gasteiger partial charge in [-0.25, -0.2) is 4.79 Å². The monoisotopic (exact) mass is 290 g/mol. The lowest BCUT2D eigenvalue weighted by atomic mass is 9.77. The van der Waals surface area contributed by atoms with Crippen molar-refractivity contribution in [3.8, 4) is 0 Å². The van der Waals surface area contributed by atoms with Crippen LogP contribution in [0.1, 0.15) is 49.9 Å². The van der Waals surface area contributed by atoms with Gasteiger partial charge in [0.15, 0.2) is 0 Å². The van der Waals surface area contributed by atoms with Gasteiger partial charge in [0.1, 0.15) is 0 Å². The third-order valence-electron chi connectivity index (χ3n) is 4.49. The molecule has 0 amide bonds. The Labute approximate surface area is 127 Å². The van der Waals surface area contributed by atoms with Crippen molar-refractivity contribution in [2.75, 3.05) is 18.2 Å². The number of nitrogens with one attached hydrogen (secondary N) is 1. The van der Waals surface area contributed by atoms with E-state index in [1.807, 2.05) is 0 Å². The maximum absolute atomic E-state index is 11.7. The third-order valence-corrected chi connectivity index (χ3v) is 4.49. The Morgan fingerprint density at radius 1 is 1.33 bits per heavy atom. The number of methoxy groups -OCH3 is 1. The molecule has 4 nitrogen and oxygen atoms in total.